The summed E-state index contributed by atoms with van der Waals surface area (Å²) in [7, 11) is 3.20. The van der Waals surface area contributed by atoms with Gasteiger partial charge in [-0.25, -0.2) is 0 Å². The summed E-state index contributed by atoms with van der Waals surface area (Å²) >= 11 is 0. The summed E-state index contributed by atoms with van der Waals surface area (Å²) in [5.74, 6) is 0.702. The zero-order valence-corrected chi connectivity index (χ0v) is 17.2. The van der Waals surface area contributed by atoms with E-state index < -0.39 is 6.10 Å². The Labute approximate surface area is 175 Å². The Hall–Kier alpha value is -3.19. The molecule has 0 unspecified atom stereocenters. The van der Waals surface area contributed by atoms with Gasteiger partial charge in [0.2, 0.25) is 0 Å². The lowest BCUT2D eigenvalue weighted by molar-refractivity contribution is -0.168. The van der Waals surface area contributed by atoms with Crippen LogP contribution in [0.2, 0.25) is 0 Å². The number of hydrogen-bond acceptors (Lipinski definition) is 5. The Morgan fingerprint density at radius 3 is 2.57 bits per heavy atom. The molecule has 1 fully saturated rings. The summed E-state index contributed by atoms with van der Waals surface area (Å²) in [5.41, 5.74) is 2.62. The second-order valence-corrected chi connectivity index (χ2v) is 7.41. The van der Waals surface area contributed by atoms with Crippen molar-refractivity contribution in [2.45, 2.75) is 25.1 Å². The third-order valence-electron chi connectivity index (χ3n) is 5.71. The topological polar surface area (TPSA) is 72.0 Å². The van der Waals surface area contributed by atoms with E-state index in [-0.39, 0.29) is 17.9 Å². The number of aromatic nitrogens is 1. The van der Waals surface area contributed by atoms with Gasteiger partial charge in [0.15, 0.2) is 6.10 Å². The summed E-state index contributed by atoms with van der Waals surface area (Å²) in [6, 6.07) is 12.9. The molecule has 1 aromatic heterocycles. The largest absolute Gasteiger partial charge is 0.497 e. The smallest absolute Gasteiger partial charge is 0.272 e. The van der Waals surface area contributed by atoms with Gasteiger partial charge in [0.05, 0.1) is 13.2 Å². The van der Waals surface area contributed by atoms with Crippen LogP contribution >= 0.6 is 0 Å². The van der Waals surface area contributed by atoms with E-state index >= 15 is 0 Å². The molecule has 2 atom stereocenters. The molecule has 1 saturated heterocycles. The second kappa shape index (κ2) is 8.67. The van der Waals surface area contributed by atoms with Gasteiger partial charge in [0.1, 0.15) is 11.4 Å². The molecule has 3 heterocycles. The van der Waals surface area contributed by atoms with Crippen LogP contribution in [-0.4, -0.2) is 66.1 Å². The zero-order chi connectivity index (χ0) is 21.1. The molecular weight excluding hydrogens is 382 g/mol. The highest BCUT2D eigenvalue weighted by molar-refractivity contribution is 5.92. The Bertz CT molecular complexity index is 943. The number of ether oxygens (including phenoxy) is 2. The molecule has 2 aromatic rings. The van der Waals surface area contributed by atoms with Crippen molar-refractivity contribution in [2.75, 3.05) is 27.3 Å². The summed E-state index contributed by atoms with van der Waals surface area (Å²) in [5, 5.41) is 0. The molecule has 0 N–H and O–H groups in total. The van der Waals surface area contributed by atoms with Crippen LogP contribution in [0.4, 0.5) is 0 Å². The van der Waals surface area contributed by atoms with Crippen molar-refractivity contribution in [1.29, 1.82) is 0 Å². The number of pyridine rings is 1. The van der Waals surface area contributed by atoms with Gasteiger partial charge in [-0.05, 0) is 41.8 Å². The van der Waals surface area contributed by atoms with Crippen LogP contribution in [0.1, 0.15) is 22.5 Å². The SMILES string of the molecule is COc1ccc(CN2C(=O)[C@H](OC)[C@@H]2C2=CCN(C(=O)c3ccccn3)CC2)cc1. The number of methoxy groups -OCH3 is 2. The van der Waals surface area contributed by atoms with E-state index in [0.29, 0.717) is 31.7 Å². The molecule has 30 heavy (non-hydrogen) atoms. The maximum atomic E-state index is 12.6. The van der Waals surface area contributed by atoms with Crippen molar-refractivity contribution in [1.82, 2.24) is 14.8 Å². The fourth-order valence-electron chi connectivity index (χ4n) is 4.03. The van der Waals surface area contributed by atoms with Gasteiger partial charge in [-0.2, -0.15) is 0 Å². The normalized spacial score (nSPS) is 21.1. The monoisotopic (exact) mass is 407 g/mol. The summed E-state index contributed by atoms with van der Waals surface area (Å²) in [6.07, 6.45) is 3.91. The minimum absolute atomic E-state index is 0.00814. The number of nitrogens with zero attached hydrogens (tertiary/aromatic N) is 3. The lowest BCUT2D eigenvalue weighted by Gasteiger charge is -2.48. The molecule has 1 aromatic carbocycles. The van der Waals surface area contributed by atoms with E-state index in [1.807, 2.05) is 35.2 Å². The highest BCUT2D eigenvalue weighted by Gasteiger charge is 2.49. The molecule has 0 aliphatic carbocycles. The number of carbonyl (C=O) groups excluding carboxylic acids is 2. The van der Waals surface area contributed by atoms with Crippen molar-refractivity contribution in [3.05, 3.63) is 71.6 Å². The molecule has 2 amide bonds. The summed E-state index contributed by atoms with van der Waals surface area (Å²) in [6.45, 7) is 1.61. The standard InChI is InChI=1S/C23H25N3O4/c1-29-18-8-6-16(7-9-18)15-26-20(21(30-2)23(26)28)17-10-13-25(14-11-17)22(27)19-5-3-4-12-24-19/h3-10,12,20-21H,11,13-15H2,1-2H3/t20-,21+/m0/s1. The molecule has 7 nitrogen and oxygen atoms in total. The molecule has 0 saturated carbocycles. The van der Waals surface area contributed by atoms with E-state index in [9.17, 15) is 9.59 Å². The van der Waals surface area contributed by atoms with Gasteiger partial charge in [-0.3, -0.25) is 14.6 Å². The molecular formula is C23H25N3O4. The Morgan fingerprint density at radius 1 is 1.17 bits per heavy atom. The predicted molar refractivity (Wildman–Crippen MR) is 111 cm³/mol. The number of hydrogen-bond donors (Lipinski definition) is 0. The zero-order valence-electron chi connectivity index (χ0n) is 17.2. The lowest BCUT2D eigenvalue weighted by Crippen LogP contribution is -2.66. The van der Waals surface area contributed by atoms with Crippen LogP contribution in [0.25, 0.3) is 0 Å². The number of carbonyl (C=O) groups is 2. The number of benzene rings is 1. The first kappa shape index (κ1) is 20.1. The first-order valence-corrected chi connectivity index (χ1v) is 9.98. The summed E-state index contributed by atoms with van der Waals surface area (Å²) in [4.78, 5) is 33.0. The van der Waals surface area contributed by atoms with Crippen molar-refractivity contribution in [3.8, 4) is 5.75 Å². The molecule has 0 radical (unpaired) electrons. The van der Waals surface area contributed by atoms with Crippen LogP contribution in [0.5, 0.6) is 5.75 Å². The molecule has 4 rings (SSSR count). The number of rotatable bonds is 6. The summed E-state index contributed by atoms with van der Waals surface area (Å²) < 4.78 is 10.7. The van der Waals surface area contributed by atoms with Crippen molar-refractivity contribution < 1.29 is 19.1 Å². The molecule has 7 heteroatoms. The Kier molecular flexibility index (Phi) is 5.81. The lowest BCUT2D eigenvalue weighted by atomic mass is 9.86. The van der Waals surface area contributed by atoms with Gasteiger partial charge in [-0.1, -0.05) is 24.3 Å². The van der Waals surface area contributed by atoms with Gasteiger partial charge < -0.3 is 19.3 Å². The van der Waals surface area contributed by atoms with E-state index in [1.165, 1.54) is 0 Å². The molecule has 2 aliphatic rings. The first-order chi connectivity index (χ1) is 14.6. The highest BCUT2D eigenvalue weighted by atomic mass is 16.5. The van der Waals surface area contributed by atoms with Crippen molar-refractivity contribution in [3.63, 3.8) is 0 Å². The number of likely N-dealkylation sites (tertiary alicyclic amines) is 1. The van der Waals surface area contributed by atoms with Gasteiger partial charge in [0, 0.05) is 32.9 Å². The van der Waals surface area contributed by atoms with Gasteiger partial charge in [0.25, 0.3) is 11.8 Å². The van der Waals surface area contributed by atoms with E-state index in [0.717, 1.165) is 16.9 Å². The van der Waals surface area contributed by atoms with Gasteiger partial charge >= 0.3 is 0 Å². The van der Waals surface area contributed by atoms with Crippen molar-refractivity contribution in [2.24, 2.45) is 0 Å². The number of β-lactam (4-membered cyclic amide) rings is 1. The van der Waals surface area contributed by atoms with Crippen molar-refractivity contribution >= 4 is 11.8 Å². The average molecular weight is 407 g/mol. The predicted octanol–water partition coefficient (Wildman–Crippen LogP) is 2.29. The van der Waals surface area contributed by atoms with Crippen LogP contribution in [-0.2, 0) is 16.1 Å². The molecule has 0 spiro atoms. The maximum Gasteiger partial charge on any atom is 0.272 e. The fourth-order valence-corrected chi connectivity index (χ4v) is 4.03. The van der Waals surface area contributed by atoms with Crippen LogP contribution in [0.15, 0.2) is 60.3 Å². The van der Waals surface area contributed by atoms with E-state index in [1.54, 1.807) is 37.4 Å². The third kappa shape index (κ3) is 3.80. The Morgan fingerprint density at radius 2 is 1.97 bits per heavy atom. The van der Waals surface area contributed by atoms with E-state index in [2.05, 4.69) is 11.1 Å². The van der Waals surface area contributed by atoms with Crippen LogP contribution in [0.3, 0.4) is 0 Å². The second-order valence-electron chi connectivity index (χ2n) is 7.41. The van der Waals surface area contributed by atoms with E-state index in [4.69, 9.17) is 9.47 Å². The molecule has 2 aliphatic heterocycles. The minimum atomic E-state index is -0.465. The van der Waals surface area contributed by atoms with Gasteiger partial charge in [-0.15, -0.1) is 0 Å². The molecule has 156 valence electrons. The fraction of sp³-hybridized carbons (Fsp3) is 0.348. The minimum Gasteiger partial charge on any atom is -0.497 e. The maximum absolute atomic E-state index is 12.6. The Balaban J connectivity index is 1.46. The first-order valence-electron chi connectivity index (χ1n) is 9.98. The van der Waals surface area contributed by atoms with Crippen LogP contribution < -0.4 is 4.74 Å². The third-order valence-corrected chi connectivity index (χ3v) is 5.71. The average Bonchev–Trinajstić information content (AvgIpc) is 2.81. The number of amides is 2. The molecule has 0 bridgehead atoms. The van der Waals surface area contributed by atoms with Crippen LogP contribution in [0, 0.1) is 0 Å². The highest BCUT2D eigenvalue weighted by Crippen LogP contribution is 2.33. The quantitative estimate of drug-likeness (QED) is 0.543.